The highest BCUT2D eigenvalue weighted by Crippen LogP contribution is 2.39. The molecule has 0 bridgehead atoms. The number of aliphatic hydroxyl groups is 1. The van der Waals surface area contributed by atoms with Gasteiger partial charge in [0.1, 0.15) is 11.4 Å². The van der Waals surface area contributed by atoms with Crippen LogP contribution in [0.1, 0.15) is 31.1 Å². The molecule has 2 rings (SSSR count). The Morgan fingerprint density at radius 2 is 2.25 bits per heavy atom. The third-order valence-corrected chi connectivity index (χ3v) is 2.69. The predicted molar refractivity (Wildman–Crippen MR) is 59.0 cm³/mol. The topological polar surface area (TPSA) is 72.5 Å². The number of para-hydroxylation sites is 1. The van der Waals surface area contributed by atoms with Crippen LogP contribution in [0.15, 0.2) is 18.2 Å². The van der Waals surface area contributed by atoms with Gasteiger partial charge in [-0.3, -0.25) is 4.79 Å². The zero-order valence-electron chi connectivity index (χ0n) is 9.36. The van der Waals surface area contributed by atoms with Crippen LogP contribution in [0.4, 0.5) is 0 Å². The minimum absolute atomic E-state index is 0.296. The lowest BCUT2D eigenvalue weighted by molar-refractivity contribution is -0.126. The summed E-state index contributed by atoms with van der Waals surface area (Å²) in [7, 11) is 0. The molecule has 1 aromatic carbocycles. The van der Waals surface area contributed by atoms with Crippen molar-refractivity contribution in [2.24, 2.45) is 5.73 Å². The number of primary amides is 1. The highest BCUT2D eigenvalue weighted by molar-refractivity contribution is 5.81. The van der Waals surface area contributed by atoms with Crippen LogP contribution >= 0.6 is 0 Å². The highest BCUT2D eigenvalue weighted by Gasteiger charge is 2.33. The van der Waals surface area contributed by atoms with E-state index < -0.39 is 12.0 Å². The van der Waals surface area contributed by atoms with Crippen molar-refractivity contribution in [2.45, 2.75) is 32.0 Å². The van der Waals surface area contributed by atoms with Crippen LogP contribution < -0.4 is 10.5 Å². The van der Waals surface area contributed by atoms with E-state index in [0.29, 0.717) is 11.3 Å². The smallest absolute Gasteiger partial charge is 0.251 e. The van der Waals surface area contributed by atoms with Gasteiger partial charge in [0.25, 0.3) is 5.91 Å². The molecule has 1 aliphatic heterocycles. The van der Waals surface area contributed by atoms with Crippen molar-refractivity contribution in [2.75, 3.05) is 0 Å². The van der Waals surface area contributed by atoms with Gasteiger partial charge in [-0.2, -0.15) is 0 Å². The maximum atomic E-state index is 11.0. The van der Waals surface area contributed by atoms with Crippen LogP contribution in [0.2, 0.25) is 0 Å². The molecule has 4 heteroatoms. The first-order valence-electron chi connectivity index (χ1n) is 5.19. The fourth-order valence-corrected chi connectivity index (χ4v) is 2.01. The Morgan fingerprint density at radius 1 is 1.56 bits per heavy atom. The summed E-state index contributed by atoms with van der Waals surface area (Å²) in [5.41, 5.74) is 6.25. The molecule has 3 N–H and O–H groups in total. The minimum Gasteiger partial charge on any atom is -0.487 e. The largest absolute Gasteiger partial charge is 0.487 e. The zero-order chi connectivity index (χ0) is 11.9. The van der Waals surface area contributed by atoms with Crippen molar-refractivity contribution in [3.63, 3.8) is 0 Å². The third-order valence-electron chi connectivity index (χ3n) is 2.69. The lowest BCUT2D eigenvalue weighted by Gasteiger charge is -2.19. The van der Waals surface area contributed by atoms with E-state index in [9.17, 15) is 9.90 Å². The number of ether oxygens (including phenoxy) is 1. The Labute approximate surface area is 94.0 Å². The summed E-state index contributed by atoms with van der Waals surface area (Å²) in [6.07, 6.45) is -0.536. The average Bonchev–Trinajstić information content (AvgIpc) is 2.49. The Morgan fingerprint density at radius 3 is 2.88 bits per heavy atom. The molecule has 1 amide bonds. The first-order valence-corrected chi connectivity index (χ1v) is 5.19. The summed E-state index contributed by atoms with van der Waals surface area (Å²) in [6, 6.07) is 5.39. The molecule has 1 aromatic rings. The predicted octanol–water partition coefficient (Wildman–Crippen LogP) is 0.919. The molecule has 0 aromatic heterocycles. The molecule has 16 heavy (non-hydrogen) atoms. The average molecular weight is 221 g/mol. The first-order chi connectivity index (χ1) is 7.41. The Hall–Kier alpha value is -1.55. The zero-order valence-corrected chi connectivity index (χ0v) is 9.36. The fraction of sp³-hybridized carbons (Fsp3) is 0.417. The SMILES string of the molecule is CC1(C)Cc2cccc(C(O)C(N)=O)c2O1. The summed E-state index contributed by atoms with van der Waals surface area (Å²) in [6.45, 7) is 3.93. The van der Waals surface area contributed by atoms with Crippen molar-refractivity contribution in [3.8, 4) is 5.75 Å². The van der Waals surface area contributed by atoms with Gasteiger partial charge in [0.2, 0.25) is 0 Å². The van der Waals surface area contributed by atoms with Gasteiger partial charge in [0.05, 0.1) is 0 Å². The van der Waals surface area contributed by atoms with Gasteiger partial charge in [0.15, 0.2) is 6.10 Å². The first kappa shape index (κ1) is 11.0. The molecule has 0 fully saturated rings. The van der Waals surface area contributed by atoms with Crippen LogP contribution in [-0.2, 0) is 11.2 Å². The second-order valence-corrected chi connectivity index (χ2v) is 4.68. The van der Waals surface area contributed by atoms with Crippen LogP contribution in [0.25, 0.3) is 0 Å². The van der Waals surface area contributed by atoms with E-state index in [-0.39, 0.29) is 5.60 Å². The third kappa shape index (κ3) is 1.76. The van der Waals surface area contributed by atoms with Crippen LogP contribution in [0.3, 0.4) is 0 Å². The van der Waals surface area contributed by atoms with Gasteiger partial charge in [-0.25, -0.2) is 0 Å². The number of carbonyl (C=O) groups is 1. The van der Waals surface area contributed by atoms with E-state index in [0.717, 1.165) is 12.0 Å². The van der Waals surface area contributed by atoms with Gasteiger partial charge in [-0.15, -0.1) is 0 Å². The lowest BCUT2D eigenvalue weighted by atomic mass is 9.99. The van der Waals surface area contributed by atoms with E-state index in [4.69, 9.17) is 10.5 Å². The summed E-state index contributed by atoms with van der Waals surface area (Å²) in [4.78, 5) is 11.0. The van der Waals surface area contributed by atoms with Crippen LogP contribution in [-0.4, -0.2) is 16.6 Å². The molecule has 0 spiro atoms. The molecule has 86 valence electrons. The number of amides is 1. The second-order valence-electron chi connectivity index (χ2n) is 4.68. The van der Waals surface area contributed by atoms with Gasteiger partial charge in [0, 0.05) is 12.0 Å². The van der Waals surface area contributed by atoms with Crippen molar-refractivity contribution < 1.29 is 14.6 Å². The molecule has 1 aliphatic rings. The van der Waals surface area contributed by atoms with Crippen molar-refractivity contribution in [1.82, 2.24) is 0 Å². The molecule has 1 atom stereocenters. The Balaban J connectivity index is 2.45. The molecule has 1 heterocycles. The number of hydrogen-bond acceptors (Lipinski definition) is 3. The van der Waals surface area contributed by atoms with Crippen molar-refractivity contribution in [3.05, 3.63) is 29.3 Å². The van der Waals surface area contributed by atoms with Gasteiger partial charge >= 0.3 is 0 Å². The molecule has 1 unspecified atom stereocenters. The maximum Gasteiger partial charge on any atom is 0.251 e. The molecule has 0 aliphatic carbocycles. The van der Waals surface area contributed by atoms with Crippen molar-refractivity contribution >= 4 is 5.91 Å². The van der Waals surface area contributed by atoms with E-state index in [1.54, 1.807) is 12.1 Å². The standard InChI is InChI=1S/C12H15NO3/c1-12(2)6-7-4-3-5-8(10(7)16-12)9(14)11(13)15/h3-5,9,14H,6H2,1-2H3,(H2,13,15). The maximum absolute atomic E-state index is 11.0. The molecule has 4 nitrogen and oxygen atoms in total. The number of benzene rings is 1. The number of aliphatic hydroxyl groups excluding tert-OH is 1. The second kappa shape index (κ2) is 3.49. The molecular formula is C12H15NO3. The highest BCUT2D eigenvalue weighted by atomic mass is 16.5. The minimum atomic E-state index is -1.30. The summed E-state index contributed by atoms with van der Waals surface area (Å²) in [5.74, 6) is -0.166. The number of rotatable bonds is 2. The monoisotopic (exact) mass is 221 g/mol. The molecule has 0 saturated heterocycles. The lowest BCUT2D eigenvalue weighted by Crippen LogP contribution is -2.26. The van der Waals surface area contributed by atoms with E-state index >= 15 is 0 Å². The summed E-state index contributed by atoms with van der Waals surface area (Å²) in [5, 5.41) is 9.68. The number of nitrogens with two attached hydrogens (primary N) is 1. The van der Waals surface area contributed by atoms with E-state index in [2.05, 4.69) is 0 Å². The Kier molecular flexibility index (Phi) is 2.39. The van der Waals surface area contributed by atoms with E-state index in [1.807, 2.05) is 19.9 Å². The molecular weight excluding hydrogens is 206 g/mol. The van der Waals surface area contributed by atoms with Crippen LogP contribution in [0, 0.1) is 0 Å². The van der Waals surface area contributed by atoms with E-state index in [1.165, 1.54) is 0 Å². The molecule has 0 saturated carbocycles. The number of hydrogen-bond donors (Lipinski definition) is 2. The normalized spacial score (nSPS) is 18.7. The quantitative estimate of drug-likeness (QED) is 0.780. The van der Waals surface area contributed by atoms with Gasteiger partial charge in [-0.1, -0.05) is 18.2 Å². The summed E-state index contributed by atoms with van der Waals surface area (Å²) < 4.78 is 5.73. The number of fused-ring (bicyclic) bond motifs is 1. The van der Waals surface area contributed by atoms with Gasteiger partial charge < -0.3 is 15.6 Å². The van der Waals surface area contributed by atoms with Crippen molar-refractivity contribution in [1.29, 1.82) is 0 Å². The number of carbonyl (C=O) groups excluding carboxylic acids is 1. The Bertz CT molecular complexity index is 440. The summed E-state index contributed by atoms with van der Waals surface area (Å²) >= 11 is 0. The molecule has 0 radical (unpaired) electrons. The van der Waals surface area contributed by atoms with Crippen LogP contribution in [0.5, 0.6) is 5.75 Å². The fourth-order valence-electron chi connectivity index (χ4n) is 2.01. The van der Waals surface area contributed by atoms with Gasteiger partial charge in [-0.05, 0) is 19.4 Å².